The Morgan fingerprint density at radius 1 is 1.18 bits per heavy atom. The molecule has 6 nitrogen and oxygen atoms in total. The SMILES string of the molecule is CCc1ccc(C(=O)NC(=NC[C@@H]2CCCO2)Nc2ccc(OC)cc2)cc1. The van der Waals surface area contributed by atoms with E-state index in [1.54, 1.807) is 7.11 Å². The van der Waals surface area contributed by atoms with Crippen LogP contribution in [0.15, 0.2) is 53.5 Å². The molecule has 0 saturated carbocycles. The van der Waals surface area contributed by atoms with Crippen molar-refractivity contribution in [2.24, 2.45) is 4.99 Å². The molecule has 2 aromatic rings. The molecule has 148 valence electrons. The number of carbonyl (C=O) groups excluding carboxylic acids is 1. The molecule has 1 heterocycles. The van der Waals surface area contributed by atoms with Crippen molar-refractivity contribution in [1.29, 1.82) is 0 Å². The molecule has 0 spiro atoms. The van der Waals surface area contributed by atoms with Crippen LogP contribution in [0.5, 0.6) is 5.75 Å². The number of benzene rings is 2. The molecule has 6 heteroatoms. The Bertz CT molecular complexity index is 795. The van der Waals surface area contributed by atoms with Crippen LogP contribution in [-0.2, 0) is 11.2 Å². The van der Waals surface area contributed by atoms with Crippen LogP contribution in [-0.4, -0.2) is 38.2 Å². The van der Waals surface area contributed by atoms with E-state index < -0.39 is 0 Å². The fourth-order valence-corrected chi connectivity index (χ4v) is 2.97. The number of amides is 1. The zero-order valence-corrected chi connectivity index (χ0v) is 16.4. The number of ether oxygens (including phenoxy) is 2. The number of hydrogen-bond acceptors (Lipinski definition) is 4. The highest BCUT2D eigenvalue weighted by Crippen LogP contribution is 2.16. The number of aryl methyl sites for hydroxylation is 1. The summed E-state index contributed by atoms with van der Waals surface area (Å²) in [5, 5.41) is 6.07. The summed E-state index contributed by atoms with van der Waals surface area (Å²) in [4.78, 5) is 17.2. The van der Waals surface area contributed by atoms with Gasteiger partial charge in [-0.05, 0) is 61.2 Å². The zero-order valence-electron chi connectivity index (χ0n) is 16.4. The molecule has 1 aliphatic rings. The minimum atomic E-state index is -0.199. The lowest BCUT2D eigenvalue weighted by Gasteiger charge is -2.14. The largest absolute Gasteiger partial charge is 0.497 e. The van der Waals surface area contributed by atoms with E-state index >= 15 is 0 Å². The van der Waals surface area contributed by atoms with Gasteiger partial charge in [0.2, 0.25) is 5.96 Å². The highest BCUT2D eigenvalue weighted by Gasteiger charge is 2.16. The van der Waals surface area contributed by atoms with E-state index in [0.717, 1.165) is 37.3 Å². The average molecular weight is 381 g/mol. The molecule has 0 aliphatic carbocycles. The Kier molecular flexibility index (Phi) is 7.03. The predicted molar refractivity (Wildman–Crippen MR) is 111 cm³/mol. The first kappa shape index (κ1) is 19.9. The van der Waals surface area contributed by atoms with Crippen molar-refractivity contribution < 1.29 is 14.3 Å². The maximum atomic E-state index is 12.7. The van der Waals surface area contributed by atoms with Crippen molar-refractivity contribution in [3.63, 3.8) is 0 Å². The molecule has 2 N–H and O–H groups in total. The van der Waals surface area contributed by atoms with Crippen LogP contribution >= 0.6 is 0 Å². The van der Waals surface area contributed by atoms with Gasteiger partial charge in [0.15, 0.2) is 0 Å². The van der Waals surface area contributed by atoms with Crippen LogP contribution in [0.1, 0.15) is 35.7 Å². The molecule has 1 saturated heterocycles. The number of nitrogens with one attached hydrogen (secondary N) is 2. The van der Waals surface area contributed by atoms with Gasteiger partial charge in [-0.2, -0.15) is 0 Å². The third kappa shape index (κ3) is 5.57. The highest BCUT2D eigenvalue weighted by atomic mass is 16.5. The summed E-state index contributed by atoms with van der Waals surface area (Å²) < 4.78 is 10.8. The third-order valence-electron chi connectivity index (χ3n) is 4.69. The monoisotopic (exact) mass is 381 g/mol. The number of methoxy groups -OCH3 is 1. The second-order valence-electron chi connectivity index (χ2n) is 6.68. The summed E-state index contributed by atoms with van der Waals surface area (Å²) in [6.07, 6.45) is 3.09. The average Bonchev–Trinajstić information content (AvgIpc) is 3.26. The first-order valence-electron chi connectivity index (χ1n) is 9.65. The van der Waals surface area contributed by atoms with E-state index in [1.807, 2.05) is 48.5 Å². The van der Waals surface area contributed by atoms with E-state index in [-0.39, 0.29) is 12.0 Å². The smallest absolute Gasteiger partial charge is 0.257 e. The Hall–Kier alpha value is -2.86. The molecule has 1 atom stereocenters. The molecule has 1 fully saturated rings. The Morgan fingerprint density at radius 3 is 2.54 bits per heavy atom. The molecular formula is C22H27N3O3. The van der Waals surface area contributed by atoms with Gasteiger partial charge in [-0.1, -0.05) is 19.1 Å². The molecule has 0 radical (unpaired) electrons. The quantitative estimate of drug-likeness (QED) is 0.592. The summed E-state index contributed by atoms with van der Waals surface area (Å²) >= 11 is 0. The highest BCUT2D eigenvalue weighted by molar-refractivity contribution is 6.10. The minimum absolute atomic E-state index is 0.105. The lowest BCUT2D eigenvalue weighted by molar-refractivity contribution is 0.0975. The normalized spacial score (nSPS) is 16.6. The summed E-state index contributed by atoms with van der Waals surface area (Å²) in [6.45, 7) is 3.37. The van der Waals surface area contributed by atoms with Crippen molar-refractivity contribution >= 4 is 17.6 Å². The van der Waals surface area contributed by atoms with Crippen LogP contribution in [0.25, 0.3) is 0 Å². The molecule has 1 amide bonds. The van der Waals surface area contributed by atoms with Crippen molar-refractivity contribution in [3.05, 3.63) is 59.7 Å². The number of hydrogen-bond donors (Lipinski definition) is 2. The van der Waals surface area contributed by atoms with Gasteiger partial charge in [0.25, 0.3) is 5.91 Å². The number of anilines is 1. The van der Waals surface area contributed by atoms with Crippen LogP contribution in [0.2, 0.25) is 0 Å². The van der Waals surface area contributed by atoms with Gasteiger partial charge in [-0.25, -0.2) is 4.99 Å². The zero-order chi connectivity index (χ0) is 19.8. The number of aliphatic imine (C=N–C) groups is 1. The number of rotatable bonds is 6. The first-order valence-corrected chi connectivity index (χ1v) is 9.65. The van der Waals surface area contributed by atoms with Gasteiger partial charge in [0.05, 0.1) is 19.8 Å². The fraction of sp³-hybridized carbons (Fsp3) is 0.364. The maximum absolute atomic E-state index is 12.7. The Morgan fingerprint density at radius 2 is 1.93 bits per heavy atom. The summed E-state index contributed by atoms with van der Waals surface area (Å²) in [5.41, 5.74) is 2.60. The third-order valence-corrected chi connectivity index (χ3v) is 4.69. The molecule has 1 aliphatic heterocycles. The molecule has 3 rings (SSSR count). The molecule has 0 bridgehead atoms. The molecular weight excluding hydrogens is 354 g/mol. The first-order chi connectivity index (χ1) is 13.7. The van der Waals surface area contributed by atoms with Crippen molar-refractivity contribution in [2.45, 2.75) is 32.3 Å². The Labute approximate surface area is 166 Å². The number of guanidine groups is 1. The van der Waals surface area contributed by atoms with E-state index in [1.165, 1.54) is 5.56 Å². The number of nitrogens with zero attached hydrogens (tertiary/aromatic N) is 1. The van der Waals surface area contributed by atoms with Gasteiger partial charge >= 0.3 is 0 Å². The predicted octanol–water partition coefficient (Wildman–Crippen LogP) is 3.63. The van der Waals surface area contributed by atoms with Crippen molar-refractivity contribution in [1.82, 2.24) is 5.32 Å². The molecule has 28 heavy (non-hydrogen) atoms. The van der Waals surface area contributed by atoms with E-state index in [9.17, 15) is 4.79 Å². The summed E-state index contributed by atoms with van der Waals surface area (Å²) in [7, 11) is 1.63. The Balaban J connectivity index is 1.71. The molecule has 0 aromatic heterocycles. The lowest BCUT2D eigenvalue weighted by atomic mass is 10.1. The van der Waals surface area contributed by atoms with Gasteiger partial charge in [0, 0.05) is 17.9 Å². The van der Waals surface area contributed by atoms with Gasteiger partial charge in [0.1, 0.15) is 5.75 Å². The fourth-order valence-electron chi connectivity index (χ4n) is 2.97. The van der Waals surface area contributed by atoms with Crippen LogP contribution < -0.4 is 15.4 Å². The van der Waals surface area contributed by atoms with E-state index in [0.29, 0.717) is 18.1 Å². The van der Waals surface area contributed by atoms with Crippen molar-refractivity contribution in [3.8, 4) is 5.75 Å². The summed E-state index contributed by atoms with van der Waals surface area (Å²) in [5.74, 6) is 0.975. The lowest BCUT2D eigenvalue weighted by Crippen LogP contribution is -2.36. The molecule has 0 unspecified atom stereocenters. The van der Waals surface area contributed by atoms with E-state index in [4.69, 9.17) is 9.47 Å². The maximum Gasteiger partial charge on any atom is 0.257 e. The van der Waals surface area contributed by atoms with Crippen LogP contribution in [0, 0.1) is 0 Å². The molecule has 2 aromatic carbocycles. The van der Waals surface area contributed by atoms with Gasteiger partial charge in [-0.3, -0.25) is 10.1 Å². The van der Waals surface area contributed by atoms with Gasteiger partial charge < -0.3 is 14.8 Å². The topological polar surface area (TPSA) is 72.0 Å². The van der Waals surface area contributed by atoms with Gasteiger partial charge in [-0.15, -0.1) is 0 Å². The second-order valence-corrected chi connectivity index (χ2v) is 6.68. The summed E-state index contributed by atoms with van der Waals surface area (Å²) in [6, 6.07) is 15.1. The van der Waals surface area contributed by atoms with E-state index in [2.05, 4.69) is 22.5 Å². The number of carbonyl (C=O) groups is 1. The van der Waals surface area contributed by atoms with Crippen LogP contribution in [0.3, 0.4) is 0 Å². The second kappa shape index (κ2) is 9.90. The van der Waals surface area contributed by atoms with Crippen molar-refractivity contribution in [2.75, 3.05) is 25.6 Å². The minimum Gasteiger partial charge on any atom is -0.497 e. The standard InChI is InChI=1S/C22H27N3O3/c1-3-16-6-8-17(9-7-16)21(26)25-22(23-15-20-5-4-14-28-20)24-18-10-12-19(27-2)13-11-18/h6-13,20H,3-5,14-15H2,1-2H3,(H2,23,24,25,26)/t20-/m0/s1. The van der Waals surface area contributed by atoms with Crippen LogP contribution in [0.4, 0.5) is 5.69 Å².